The molecule has 0 spiro atoms. The molecule has 248 valence electrons. The van der Waals surface area contributed by atoms with E-state index in [1.807, 2.05) is 0 Å². The van der Waals surface area contributed by atoms with E-state index in [1.54, 1.807) is 0 Å². The number of quaternary nitrogens is 1. The van der Waals surface area contributed by atoms with Gasteiger partial charge in [-0.15, -0.1) is 0 Å². The van der Waals surface area contributed by atoms with E-state index < -0.39 is 10.4 Å². The minimum absolute atomic E-state index is 0.0635. The molecule has 0 unspecified atom stereocenters. The van der Waals surface area contributed by atoms with Crippen LogP contribution in [0.3, 0.4) is 0 Å². The number of carbonyl (C=O) groups excluding carboxylic acids is 1. The summed E-state index contributed by atoms with van der Waals surface area (Å²) in [7, 11) is -4.92. The van der Waals surface area contributed by atoms with Crippen molar-refractivity contribution in [2.24, 2.45) is 0 Å². The first-order valence-corrected chi connectivity index (χ1v) is 18.3. The Morgan fingerprint density at radius 1 is 0.610 bits per heavy atom. The first-order chi connectivity index (χ1) is 19.6. The number of carbonyl (C=O) groups is 1. The van der Waals surface area contributed by atoms with E-state index in [9.17, 15) is 4.79 Å². The van der Waals surface area contributed by atoms with Gasteiger partial charge in [0.25, 0.3) is 0 Å². The van der Waals surface area contributed by atoms with Crippen LogP contribution < -0.4 is 0 Å². The Morgan fingerprint density at radius 2 is 0.951 bits per heavy atom. The van der Waals surface area contributed by atoms with Crippen molar-refractivity contribution in [2.45, 2.75) is 156 Å². The van der Waals surface area contributed by atoms with Crippen molar-refractivity contribution in [3.05, 3.63) is 0 Å². The molecule has 0 radical (unpaired) electrons. The summed E-state index contributed by atoms with van der Waals surface area (Å²) in [6.07, 6.45) is 26.6. The fourth-order valence-corrected chi connectivity index (χ4v) is 5.14. The third-order valence-electron chi connectivity index (χ3n) is 8.20. The molecule has 0 bridgehead atoms. The fraction of sp³-hybridized carbons (Fsp3) is 0.969. The van der Waals surface area contributed by atoms with Crippen molar-refractivity contribution in [2.75, 3.05) is 46.0 Å². The molecular weight excluding hydrogens is 542 g/mol. The lowest BCUT2D eigenvalue weighted by Crippen LogP contribution is -2.49. The summed E-state index contributed by atoms with van der Waals surface area (Å²) in [6, 6.07) is 0. The normalized spacial score (nSPS) is 11.8. The van der Waals surface area contributed by atoms with E-state index in [2.05, 4.69) is 27.7 Å². The van der Waals surface area contributed by atoms with Crippen LogP contribution in [0.2, 0.25) is 0 Å². The molecule has 0 aliphatic heterocycles. The highest BCUT2D eigenvalue weighted by molar-refractivity contribution is 7.79. The molecule has 0 fully saturated rings. The van der Waals surface area contributed by atoms with Crippen LogP contribution in [0.5, 0.6) is 0 Å². The zero-order valence-electron chi connectivity index (χ0n) is 27.3. The maximum Gasteiger partial charge on any atom is 0.305 e. The number of unbranched alkanes of at least 4 members (excludes halogenated alkanes) is 18. The van der Waals surface area contributed by atoms with Crippen molar-refractivity contribution < 1.29 is 36.3 Å². The van der Waals surface area contributed by atoms with E-state index in [4.69, 9.17) is 27.0 Å². The SMILES string of the molecule is CCCCCCCCCCCCCCCCCCCCCC(=O)OCCOCC[N+](CC)(CC)CC.O=S(=O)([O-])O. The number of likely N-dealkylation sites (N-methyl/N-ethyl adjacent to an activating group) is 1. The van der Waals surface area contributed by atoms with Gasteiger partial charge in [0, 0.05) is 6.42 Å². The predicted octanol–water partition coefficient (Wildman–Crippen LogP) is 8.25. The summed E-state index contributed by atoms with van der Waals surface area (Å²) >= 11 is 0. The van der Waals surface area contributed by atoms with Gasteiger partial charge in [0.1, 0.15) is 13.2 Å². The number of esters is 1. The molecule has 0 aromatic rings. The largest absolute Gasteiger partial charge is 0.726 e. The first kappa shape index (κ1) is 42.4. The van der Waals surface area contributed by atoms with Crippen molar-refractivity contribution in [1.29, 1.82) is 0 Å². The molecule has 0 rings (SSSR count). The van der Waals surface area contributed by atoms with Crippen molar-refractivity contribution in [3.63, 3.8) is 0 Å². The van der Waals surface area contributed by atoms with Crippen molar-refractivity contribution >= 4 is 16.4 Å². The summed E-state index contributed by atoms with van der Waals surface area (Å²) in [4.78, 5) is 11.9. The summed E-state index contributed by atoms with van der Waals surface area (Å²) in [6.45, 7) is 15.1. The lowest BCUT2D eigenvalue weighted by molar-refractivity contribution is -0.923. The Morgan fingerprint density at radius 3 is 1.29 bits per heavy atom. The van der Waals surface area contributed by atoms with Crippen LogP contribution >= 0.6 is 0 Å². The zero-order chi connectivity index (χ0) is 31.1. The Balaban J connectivity index is 0. The van der Waals surface area contributed by atoms with Gasteiger partial charge in [0.05, 0.1) is 32.8 Å². The third-order valence-corrected chi connectivity index (χ3v) is 8.20. The highest BCUT2D eigenvalue weighted by atomic mass is 32.3. The molecule has 41 heavy (non-hydrogen) atoms. The molecule has 0 heterocycles. The van der Waals surface area contributed by atoms with Crippen molar-refractivity contribution in [1.82, 2.24) is 0 Å². The molecule has 0 aromatic heterocycles. The minimum Gasteiger partial charge on any atom is -0.726 e. The molecule has 0 saturated carbocycles. The van der Waals surface area contributed by atoms with Gasteiger partial charge in [-0.3, -0.25) is 9.35 Å². The van der Waals surface area contributed by atoms with Gasteiger partial charge in [-0.2, -0.15) is 0 Å². The van der Waals surface area contributed by atoms with E-state index in [-0.39, 0.29) is 5.97 Å². The highest BCUT2D eigenvalue weighted by Gasteiger charge is 2.19. The topological polar surface area (TPSA) is 113 Å². The molecular formula is C32H67NO7S. The van der Waals surface area contributed by atoms with Crippen LogP contribution in [0.4, 0.5) is 0 Å². The molecule has 0 atom stereocenters. The smallest absolute Gasteiger partial charge is 0.305 e. The Bertz CT molecular complexity index is 638. The maximum absolute atomic E-state index is 11.9. The average molecular weight is 610 g/mol. The van der Waals surface area contributed by atoms with E-state index in [0.29, 0.717) is 19.6 Å². The molecule has 0 amide bonds. The minimum atomic E-state index is -4.92. The van der Waals surface area contributed by atoms with Crippen LogP contribution in [-0.2, 0) is 24.7 Å². The molecule has 0 saturated heterocycles. The van der Waals surface area contributed by atoms with Crippen LogP contribution in [0, 0.1) is 0 Å². The number of hydrogen-bond acceptors (Lipinski definition) is 6. The summed E-state index contributed by atoms with van der Waals surface area (Å²) in [5.41, 5.74) is 0. The van der Waals surface area contributed by atoms with E-state index in [0.717, 1.165) is 50.1 Å². The van der Waals surface area contributed by atoms with E-state index >= 15 is 0 Å². The van der Waals surface area contributed by atoms with Gasteiger partial charge >= 0.3 is 5.97 Å². The molecule has 0 aliphatic carbocycles. The van der Waals surface area contributed by atoms with Gasteiger partial charge in [-0.05, 0) is 27.2 Å². The maximum atomic E-state index is 11.9. The Kier molecular flexibility index (Phi) is 31.8. The number of nitrogens with zero attached hydrogens (tertiary/aromatic N) is 1. The number of ether oxygens (including phenoxy) is 2. The van der Waals surface area contributed by atoms with Gasteiger partial charge in [0.2, 0.25) is 10.4 Å². The highest BCUT2D eigenvalue weighted by Crippen LogP contribution is 2.15. The number of rotatable bonds is 29. The standard InChI is InChI=1S/C32H66NO3.H2O4S/c1-5-9-10-11-12-13-14-15-16-17-18-19-20-21-22-23-24-25-26-27-32(34)36-31-30-35-29-28-33(6-2,7-3)8-4;1-5(2,3)4/h5-31H2,1-4H3;(H2,1,2,3,4)/q+1;/p-1. The second-order valence-corrected chi connectivity index (χ2v) is 12.2. The van der Waals surface area contributed by atoms with Gasteiger partial charge in [-0.25, -0.2) is 8.42 Å². The molecule has 8 nitrogen and oxygen atoms in total. The predicted molar refractivity (Wildman–Crippen MR) is 169 cm³/mol. The van der Waals surface area contributed by atoms with Crippen LogP contribution in [0.1, 0.15) is 156 Å². The average Bonchev–Trinajstić information content (AvgIpc) is 2.93. The monoisotopic (exact) mass is 609 g/mol. The van der Waals surface area contributed by atoms with Gasteiger partial charge in [0.15, 0.2) is 0 Å². The fourth-order valence-electron chi connectivity index (χ4n) is 5.14. The summed E-state index contributed by atoms with van der Waals surface area (Å²) < 4.78 is 44.9. The van der Waals surface area contributed by atoms with Crippen molar-refractivity contribution in [3.8, 4) is 0 Å². The van der Waals surface area contributed by atoms with E-state index in [1.165, 1.54) is 109 Å². The first-order valence-electron chi connectivity index (χ1n) is 16.9. The summed E-state index contributed by atoms with van der Waals surface area (Å²) in [5.74, 6) is -0.0635. The second-order valence-electron chi connectivity index (χ2n) is 11.4. The zero-order valence-corrected chi connectivity index (χ0v) is 28.2. The number of hydrogen-bond donors (Lipinski definition) is 1. The molecule has 1 N–H and O–H groups in total. The Hall–Kier alpha value is -0.740. The lowest BCUT2D eigenvalue weighted by atomic mass is 10.0. The van der Waals surface area contributed by atoms with Crippen LogP contribution in [0.15, 0.2) is 0 Å². The van der Waals surface area contributed by atoms with Gasteiger partial charge < -0.3 is 18.5 Å². The molecule has 0 aliphatic rings. The third kappa shape index (κ3) is 35.4. The van der Waals surface area contributed by atoms with Crippen LogP contribution in [0.25, 0.3) is 0 Å². The molecule has 0 aromatic carbocycles. The molecule has 9 heteroatoms. The van der Waals surface area contributed by atoms with Gasteiger partial charge in [-0.1, -0.05) is 122 Å². The second kappa shape index (κ2) is 30.7. The quantitative estimate of drug-likeness (QED) is 0.0299. The lowest BCUT2D eigenvalue weighted by Gasteiger charge is -2.35. The van der Waals surface area contributed by atoms with Crippen LogP contribution in [-0.4, -0.2) is 74.0 Å². The summed E-state index contributed by atoms with van der Waals surface area (Å²) in [5, 5.41) is 0. The Labute approximate surface area is 254 Å².